The molecule has 0 atom stereocenters. The van der Waals surface area contributed by atoms with Crippen LogP contribution in [-0.4, -0.2) is 25.0 Å². The number of benzene rings is 1. The van der Waals surface area contributed by atoms with Crippen molar-refractivity contribution in [2.24, 2.45) is 0 Å². The summed E-state index contributed by atoms with van der Waals surface area (Å²) in [6.07, 6.45) is 5.36. The summed E-state index contributed by atoms with van der Waals surface area (Å²) in [4.78, 5) is 0. The summed E-state index contributed by atoms with van der Waals surface area (Å²) in [5.74, 6) is -0.247. The van der Waals surface area contributed by atoms with Gasteiger partial charge in [-0.15, -0.1) is 0 Å². The van der Waals surface area contributed by atoms with E-state index in [2.05, 4.69) is 36.5 Å². The predicted molar refractivity (Wildman–Crippen MR) is 76.3 cm³/mol. The number of nitrogens with one attached hydrogen (secondary N) is 1. The highest BCUT2D eigenvalue weighted by atomic mass is 16.7. The van der Waals surface area contributed by atoms with Gasteiger partial charge < -0.3 is 14.8 Å². The Balaban J connectivity index is 1.56. The van der Waals surface area contributed by atoms with Crippen molar-refractivity contribution in [3.63, 3.8) is 0 Å². The number of aryl methyl sites for hydroxylation is 1. The summed E-state index contributed by atoms with van der Waals surface area (Å²) in [5, 5.41) is 3.65. The van der Waals surface area contributed by atoms with Crippen molar-refractivity contribution in [3.05, 3.63) is 29.8 Å². The van der Waals surface area contributed by atoms with E-state index in [0.29, 0.717) is 6.04 Å². The average molecular weight is 261 g/mol. The third-order valence-corrected chi connectivity index (χ3v) is 4.27. The van der Waals surface area contributed by atoms with Crippen molar-refractivity contribution in [2.45, 2.75) is 50.9 Å². The second kappa shape index (κ2) is 5.51. The van der Waals surface area contributed by atoms with Crippen LogP contribution in [0.15, 0.2) is 24.3 Å². The van der Waals surface area contributed by atoms with E-state index >= 15 is 0 Å². The van der Waals surface area contributed by atoms with Crippen LogP contribution in [0.5, 0.6) is 0 Å². The second-order valence-electron chi connectivity index (χ2n) is 5.58. The van der Waals surface area contributed by atoms with Gasteiger partial charge in [0.25, 0.3) is 0 Å². The van der Waals surface area contributed by atoms with Gasteiger partial charge in [-0.2, -0.15) is 0 Å². The molecule has 0 amide bonds. The molecule has 1 spiro atoms. The SMILES string of the molecule is CCc1cccc(NC2CCC3(CC2)OCCO3)c1. The zero-order valence-corrected chi connectivity index (χ0v) is 11.7. The van der Waals surface area contributed by atoms with Crippen LogP contribution < -0.4 is 5.32 Å². The number of hydrogen-bond donors (Lipinski definition) is 1. The summed E-state index contributed by atoms with van der Waals surface area (Å²) in [6.45, 7) is 3.71. The Morgan fingerprint density at radius 2 is 1.95 bits per heavy atom. The first-order valence-corrected chi connectivity index (χ1v) is 7.43. The topological polar surface area (TPSA) is 30.5 Å². The fourth-order valence-electron chi connectivity index (χ4n) is 3.10. The number of anilines is 1. The van der Waals surface area contributed by atoms with Gasteiger partial charge in [-0.3, -0.25) is 0 Å². The van der Waals surface area contributed by atoms with E-state index in [-0.39, 0.29) is 5.79 Å². The molecule has 0 bridgehead atoms. The third-order valence-electron chi connectivity index (χ3n) is 4.27. The van der Waals surface area contributed by atoms with Crippen molar-refractivity contribution >= 4 is 5.69 Å². The van der Waals surface area contributed by atoms with Gasteiger partial charge in [0.15, 0.2) is 5.79 Å². The first kappa shape index (κ1) is 12.9. The van der Waals surface area contributed by atoms with E-state index in [1.54, 1.807) is 0 Å². The van der Waals surface area contributed by atoms with E-state index < -0.39 is 0 Å². The Kier molecular flexibility index (Phi) is 3.76. The van der Waals surface area contributed by atoms with Crippen LogP contribution in [-0.2, 0) is 15.9 Å². The van der Waals surface area contributed by atoms with Gasteiger partial charge in [0, 0.05) is 24.6 Å². The number of rotatable bonds is 3. The smallest absolute Gasteiger partial charge is 0.168 e. The van der Waals surface area contributed by atoms with Crippen molar-refractivity contribution in [1.82, 2.24) is 0 Å². The van der Waals surface area contributed by atoms with Crippen molar-refractivity contribution in [2.75, 3.05) is 18.5 Å². The molecular formula is C16H23NO2. The molecule has 1 aromatic rings. The zero-order valence-electron chi connectivity index (χ0n) is 11.7. The van der Waals surface area contributed by atoms with E-state index in [0.717, 1.165) is 45.3 Å². The molecule has 0 radical (unpaired) electrons. The maximum absolute atomic E-state index is 5.77. The molecule has 0 unspecified atom stereocenters. The van der Waals surface area contributed by atoms with Gasteiger partial charge in [0.2, 0.25) is 0 Å². The highest BCUT2D eigenvalue weighted by Crippen LogP contribution is 2.36. The largest absolute Gasteiger partial charge is 0.382 e. The Bertz CT molecular complexity index is 417. The monoisotopic (exact) mass is 261 g/mol. The minimum Gasteiger partial charge on any atom is -0.382 e. The molecule has 3 rings (SSSR count). The van der Waals surface area contributed by atoms with Crippen LogP contribution in [0.25, 0.3) is 0 Å². The summed E-state index contributed by atoms with van der Waals surface area (Å²) in [7, 11) is 0. The van der Waals surface area contributed by atoms with Crippen LogP contribution in [0, 0.1) is 0 Å². The molecule has 1 saturated heterocycles. The van der Waals surface area contributed by atoms with E-state index in [4.69, 9.17) is 9.47 Å². The first-order chi connectivity index (χ1) is 9.30. The molecule has 1 aliphatic carbocycles. The standard InChI is InChI=1S/C16H23NO2/c1-2-13-4-3-5-15(12-13)17-14-6-8-16(9-7-14)18-10-11-19-16/h3-5,12,14,17H,2,6-11H2,1H3. The molecule has 3 heteroatoms. The Morgan fingerprint density at radius 1 is 1.21 bits per heavy atom. The van der Waals surface area contributed by atoms with Gasteiger partial charge in [-0.1, -0.05) is 19.1 Å². The van der Waals surface area contributed by atoms with Gasteiger partial charge in [-0.25, -0.2) is 0 Å². The Hall–Kier alpha value is -1.06. The number of ether oxygens (including phenoxy) is 2. The lowest BCUT2D eigenvalue weighted by Crippen LogP contribution is -2.39. The minimum absolute atomic E-state index is 0.247. The maximum Gasteiger partial charge on any atom is 0.168 e. The van der Waals surface area contributed by atoms with E-state index in [1.807, 2.05) is 0 Å². The quantitative estimate of drug-likeness (QED) is 0.905. The molecule has 2 fully saturated rings. The average Bonchev–Trinajstić information content (AvgIpc) is 2.90. The lowest BCUT2D eigenvalue weighted by Gasteiger charge is -2.36. The van der Waals surface area contributed by atoms with Crippen LogP contribution in [0.4, 0.5) is 5.69 Å². The third kappa shape index (κ3) is 2.93. The van der Waals surface area contributed by atoms with Crippen molar-refractivity contribution < 1.29 is 9.47 Å². The summed E-state index contributed by atoms with van der Waals surface area (Å²) < 4.78 is 11.5. The Morgan fingerprint density at radius 3 is 2.63 bits per heavy atom. The predicted octanol–water partition coefficient (Wildman–Crippen LogP) is 3.35. The molecule has 1 saturated carbocycles. The lowest BCUT2D eigenvalue weighted by atomic mass is 9.90. The van der Waals surface area contributed by atoms with Crippen molar-refractivity contribution in [1.29, 1.82) is 0 Å². The summed E-state index contributed by atoms with van der Waals surface area (Å²) in [5.41, 5.74) is 2.63. The number of hydrogen-bond acceptors (Lipinski definition) is 3. The van der Waals surface area contributed by atoms with Crippen LogP contribution >= 0.6 is 0 Å². The molecule has 0 aromatic heterocycles. The van der Waals surface area contributed by atoms with Crippen molar-refractivity contribution in [3.8, 4) is 0 Å². The molecular weight excluding hydrogens is 238 g/mol. The first-order valence-electron chi connectivity index (χ1n) is 7.43. The van der Waals surface area contributed by atoms with E-state index in [1.165, 1.54) is 11.3 Å². The highest BCUT2D eigenvalue weighted by molar-refractivity contribution is 5.46. The molecule has 3 nitrogen and oxygen atoms in total. The normalized spacial score (nSPS) is 22.8. The Labute approximate surface area is 115 Å². The molecule has 1 heterocycles. The lowest BCUT2D eigenvalue weighted by molar-refractivity contribution is -0.177. The van der Waals surface area contributed by atoms with Crippen LogP contribution in [0.1, 0.15) is 38.2 Å². The molecule has 19 heavy (non-hydrogen) atoms. The fraction of sp³-hybridized carbons (Fsp3) is 0.625. The molecule has 104 valence electrons. The highest BCUT2D eigenvalue weighted by Gasteiger charge is 2.40. The van der Waals surface area contributed by atoms with Gasteiger partial charge >= 0.3 is 0 Å². The van der Waals surface area contributed by atoms with Gasteiger partial charge in [0.1, 0.15) is 0 Å². The van der Waals surface area contributed by atoms with Crippen LogP contribution in [0.3, 0.4) is 0 Å². The molecule has 1 aliphatic heterocycles. The van der Waals surface area contributed by atoms with Gasteiger partial charge in [0.05, 0.1) is 13.2 Å². The fourth-order valence-corrected chi connectivity index (χ4v) is 3.10. The van der Waals surface area contributed by atoms with Gasteiger partial charge in [-0.05, 0) is 37.0 Å². The molecule has 1 aromatic carbocycles. The maximum atomic E-state index is 5.77. The summed E-state index contributed by atoms with van der Waals surface area (Å²) in [6, 6.07) is 9.28. The molecule has 2 aliphatic rings. The minimum atomic E-state index is -0.247. The van der Waals surface area contributed by atoms with E-state index in [9.17, 15) is 0 Å². The second-order valence-corrected chi connectivity index (χ2v) is 5.58. The van der Waals surface area contributed by atoms with Crippen LogP contribution in [0.2, 0.25) is 0 Å². The summed E-state index contributed by atoms with van der Waals surface area (Å²) >= 11 is 0. The zero-order chi connectivity index (χ0) is 13.1. The molecule has 1 N–H and O–H groups in total.